The molecule has 0 spiro atoms. The Morgan fingerprint density at radius 3 is 2.95 bits per heavy atom. The molecule has 3 rings (SSSR count). The third kappa shape index (κ3) is 2.73. The molecule has 4 heteroatoms. The van der Waals surface area contributed by atoms with Crippen LogP contribution in [-0.4, -0.2) is 13.2 Å². The van der Waals surface area contributed by atoms with E-state index < -0.39 is 5.82 Å². The van der Waals surface area contributed by atoms with Crippen molar-refractivity contribution in [2.75, 3.05) is 18.5 Å². The zero-order valence-corrected chi connectivity index (χ0v) is 11.7. The van der Waals surface area contributed by atoms with E-state index in [0.717, 1.165) is 31.0 Å². The quantitative estimate of drug-likeness (QED) is 0.901. The van der Waals surface area contributed by atoms with Crippen LogP contribution in [0.2, 0.25) is 5.02 Å². The zero-order valence-electron chi connectivity index (χ0n) is 10.9. The fourth-order valence-corrected chi connectivity index (χ4v) is 2.59. The van der Waals surface area contributed by atoms with Gasteiger partial charge in [-0.25, -0.2) is 4.39 Å². The van der Waals surface area contributed by atoms with Gasteiger partial charge in [-0.1, -0.05) is 29.8 Å². The fraction of sp³-hybridized carbons (Fsp3) is 0.250. The average Bonchev–Trinajstić information content (AvgIpc) is 2.48. The van der Waals surface area contributed by atoms with Gasteiger partial charge in [0.25, 0.3) is 0 Å². The number of halogens is 2. The van der Waals surface area contributed by atoms with Crippen LogP contribution in [0.5, 0.6) is 5.75 Å². The van der Waals surface area contributed by atoms with Gasteiger partial charge in [-0.3, -0.25) is 0 Å². The number of hydrogen-bond acceptors (Lipinski definition) is 2. The first-order valence-corrected chi connectivity index (χ1v) is 7.02. The Morgan fingerprint density at radius 2 is 2.10 bits per heavy atom. The summed E-state index contributed by atoms with van der Waals surface area (Å²) in [6.45, 7) is 1.47. The van der Waals surface area contributed by atoms with Crippen LogP contribution in [0.1, 0.15) is 17.9 Å². The van der Waals surface area contributed by atoms with Crippen LogP contribution in [0.4, 0.5) is 10.1 Å². The molecule has 104 valence electrons. The van der Waals surface area contributed by atoms with Crippen molar-refractivity contribution in [3.63, 3.8) is 0 Å². The number of nitrogens with one attached hydrogen (secondary N) is 1. The highest BCUT2D eigenvalue weighted by Gasteiger charge is 2.20. The normalized spacial score (nSPS) is 17.2. The van der Waals surface area contributed by atoms with Crippen LogP contribution in [-0.2, 0) is 0 Å². The van der Waals surface area contributed by atoms with Gasteiger partial charge in [-0.05, 0) is 36.2 Å². The Bertz CT molecular complexity index is 617. The highest BCUT2D eigenvalue weighted by Crippen LogP contribution is 2.33. The van der Waals surface area contributed by atoms with Crippen molar-refractivity contribution in [1.82, 2.24) is 0 Å². The molecular weight excluding hydrogens is 277 g/mol. The van der Waals surface area contributed by atoms with E-state index >= 15 is 0 Å². The van der Waals surface area contributed by atoms with Gasteiger partial charge in [-0.2, -0.15) is 0 Å². The molecule has 2 aromatic carbocycles. The van der Waals surface area contributed by atoms with Crippen molar-refractivity contribution in [3.8, 4) is 5.75 Å². The molecule has 0 fully saturated rings. The molecule has 0 amide bonds. The van der Waals surface area contributed by atoms with E-state index in [0.29, 0.717) is 5.92 Å². The number of hydrogen-bond donors (Lipinski definition) is 1. The molecule has 0 saturated heterocycles. The third-order valence-electron chi connectivity index (χ3n) is 3.55. The molecule has 0 radical (unpaired) electrons. The van der Waals surface area contributed by atoms with E-state index in [2.05, 4.69) is 11.4 Å². The molecule has 1 atom stereocenters. The molecule has 2 aromatic rings. The van der Waals surface area contributed by atoms with Gasteiger partial charge in [0.05, 0.1) is 11.6 Å². The Morgan fingerprint density at radius 1 is 1.25 bits per heavy atom. The summed E-state index contributed by atoms with van der Waals surface area (Å²) >= 11 is 5.68. The molecule has 1 aliphatic rings. The molecule has 0 aliphatic carbocycles. The van der Waals surface area contributed by atoms with Crippen LogP contribution in [0.15, 0.2) is 42.5 Å². The topological polar surface area (TPSA) is 21.3 Å². The number of ether oxygens (including phenoxy) is 1. The van der Waals surface area contributed by atoms with Gasteiger partial charge in [0, 0.05) is 18.2 Å². The van der Waals surface area contributed by atoms with Gasteiger partial charge in [0.15, 0.2) is 0 Å². The summed E-state index contributed by atoms with van der Waals surface area (Å²) in [5, 5.41) is 3.41. The lowest BCUT2D eigenvalue weighted by atomic mass is 9.93. The van der Waals surface area contributed by atoms with Gasteiger partial charge in [0.2, 0.25) is 0 Å². The summed E-state index contributed by atoms with van der Waals surface area (Å²) in [6, 6.07) is 12.8. The van der Waals surface area contributed by atoms with Gasteiger partial charge >= 0.3 is 0 Å². The molecule has 20 heavy (non-hydrogen) atoms. The summed E-state index contributed by atoms with van der Waals surface area (Å²) in [5.74, 6) is 0.926. The maximum Gasteiger partial charge on any atom is 0.143 e. The van der Waals surface area contributed by atoms with E-state index in [4.69, 9.17) is 16.3 Å². The van der Waals surface area contributed by atoms with Crippen LogP contribution < -0.4 is 10.1 Å². The predicted molar refractivity (Wildman–Crippen MR) is 79.2 cm³/mol. The predicted octanol–water partition coefficient (Wildman–Crippen LogP) is 4.46. The third-order valence-corrected chi connectivity index (χ3v) is 3.86. The Balaban J connectivity index is 1.71. The first-order valence-electron chi connectivity index (χ1n) is 6.64. The molecule has 1 aliphatic heterocycles. The minimum atomic E-state index is -0.399. The molecular formula is C16H15ClFNO. The summed E-state index contributed by atoms with van der Waals surface area (Å²) in [7, 11) is 0. The number of rotatable bonds is 3. The number of para-hydroxylation sites is 1. The van der Waals surface area contributed by atoms with E-state index in [-0.39, 0.29) is 5.02 Å². The van der Waals surface area contributed by atoms with Crippen molar-refractivity contribution in [3.05, 3.63) is 58.9 Å². The van der Waals surface area contributed by atoms with Gasteiger partial charge in [0.1, 0.15) is 11.6 Å². The maximum absolute atomic E-state index is 13.4. The van der Waals surface area contributed by atoms with Crippen LogP contribution >= 0.6 is 11.6 Å². The fourth-order valence-electron chi connectivity index (χ4n) is 2.48. The lowest BCUT2D eigenvalue weighted by Crippen LogP contribution is -2.20. The van der Waals surface area contributed by atoms with Crippen molar-refractivity contribution < 1.29 is 9.13 Å². The Labute approximate surface area is 122 Å². The number of anilines is 1. The maximum atomic E-state index is 13.4. The minimum Gasteiger partial charge on any atom is -0.493 e. The Kier molecular flexibility index (Phi) is 3.79. The molecule has 1 N–H and O–H groups in total. The Hall–Kier alpha value is -1.74. The molecule has 2 nitrogen and oxygen atoms in total. The number of fused-ring (bicyclic) bond motifs is 1. The zero-order chi connectivity index (χ0) is 13.9. The smallest absolute Gasteiger partial charge is 0.143 e. The van der Waals surface area contributed by atoms with Crippen molar-refractivity contribution in [2.24, 2.45) is 0 Å². The average molecular weight is 292 g/mol. The first kappa shape index (κ1) is 13.3. The second-order valence-electron chi connectivity index (χ2n) is 4.88. The summed E-state index contributed by atoms with van der Waals surface area (Å²) < 4.78 is 19.0. The highest BCUT2D eigenvalue weighted by molar-refractivity contribution is 6.30. The lowest BCUT2D eigenvalue weighted by molar-refractivity contribution is 0.270. The molecule has 1 heterocycles. The summed E-state index contributed by atoms with van der Waals surface area (Å²) in [4.78, 5) is 0. The van der Waals surface area contributed by atoms with E-state index in [1.165, 1.54) is 11.6 Å². The standard InChI is InChI=1S/C16H15ClFNO/c17-14-6-5-12(9-15(14)18)19-10-11-7-8-20-16-4-2-1-3-13(11)16/h1-6,9,11,19H,7-8,10H2. The monoisotopic (exact) mass is 291 g/mol. The lowest BCUT2D eigenvalue weighted by Gasteiger charge is -2.26. The van der Waals surface area contributed by atoms with Gasteiger partial charge < -0.3 is 10.1 Å². The van der Waals surface area contributed by atoms with E-state index in [1.54, 1.807) is 12.1 Å². The largest absolute Gasteiger partial charge is 0.493 e. The van der Waals surface area contributed by atoms with Gasteiger partial charge in [-0.15, -0.1) is 0 Å². The molecule has 0 bridgehead atoms. The van der Waals surface area contributed by atoms with Crippen LogP contribution in [0, 0.1) is 5.82 Å². The SMILES string of the molecule is Fc1cc(NCC2CCOc3ccccc32)ccc1Cl. The second-order valence-corrected chi connectivity index (χ2v) is 5.29. The molecule has 0 saturated carbocycles. The van der Waals surface area contributed by atoms with Crippen molar-refractivity contribution in [1.29, 1.82) is 0 Å². The van der Waals surface area contributed by atoms with Crippen molar-refractivity contribution in [2.45, 2.75) is 12.3 Å². The van der Waals surface area contributed by atoms with Crippen molar-refractivity contribution >= 4 is 17.3 Å². The van der Waals surface area contributed by atoms with Crippen LogP contribution in [0.25, 0.3) is 0 Å². The molecule has 0 aromatic heterocycles. The highest BCUT2D eigenvalue weighted by atomic mass is 35.5. The second kappa shape index (κ2) is 5.71. The summed E-state index contributed by atoms with van der Waals surface area (Å²) in [5.41, 5.74) is 1.96. The number of benzene rings is 2. The minimum absolute atomic E-state index is 0.145. The molecule has 1 unspecified atom stereocenters. The van der Waals surface area contributed by atoms with E-state index in [1.807, 2.05) is 18.2 Å². The first-order chi connectivity index (χ1) is 9.74. The van der Waals surface area contributed by atoms with E-state index in [9.17, 15) is 4.39 Å². The van der Waals surface area contributed by atoms with Crippen LogP contribution in [0.3, 0.4) is 0 Å². The summed E-state index contributed by atoms with van der Waals surface area (Å²) in [6.07, 6.45) is 0.958.